The standard InChI is InChI=1S/C21H30N2O2S/c1-15(2)23-12-7-6-8-16(23)14-18-17-9-4-5-10-19(17)26-20(18)21(24)22-11-13-25-3/h4-5,9-10,15-16H,6-8,11-14H2,1-3H3,(H,22,24). The number of hydrogen-bond acceptors (Lipinski definition) is 4. The van der Waals surface area contributed by atoms with Crippen molar-refractivity contribution in [3.05, 3.63) is 34.7 Å². The van der Waals surface area contributed by atoms with E-state index >= 15 is 0 Å². The summed E-state index contributed by atoms with van der Waals surface area (Å²) in [7, 11) is 1.65. The Hall–Kier alpha value is -1.43. The summed E-state index contributed by atoms with van der Waals surface area (Å²) in [5.74, 6) is 0.0326. The van der Waals surface area contributed by atoms with E-state index in [1.165, 1.54) is 41.5 Å². The van der Waals surface area contributed by atoms with Crippen LogP contribution in [0.25, 0.3) is 10.1 Å². The molecule has 5 heteroatoms. The maximum absolute atomic E-state index is 12.8. The molecule has 2 aromatic rings. The van der Waals surface area contributed by atoms with Crippen LogP contribution in [0.3, 0.4) is 0 Å². The maximum atomic E-state index is 12.8. The fraction of sp³-hybridized carbons (Fsp3) is 0.571. The summed E-state index contributed by atoms with van der Waals surface area (Å²) in [5.41, 5.74) is 1.22. The van der Waals surface area contributed by atoms with Crippen LogP contribution in [0.5, 0.6) is 0 Å². The minimum atomic E-state index is 0.0326. The number of amides is 1. The van der Waals surface area contributed by atoms with Gasteiger partial charge in [-0.3, -0.25) is 9.69 Å². The molecule has 2 heterocycles. The van der Waals surface area contributed by atoms with Crippen LogP contribution in [-0.2, 0) is 11.2 Å². The van der Waals surface area contributed by atoms with E-state index in [-0.39, 0.29) is 5.91 Å². The monoisotopic (exact) mass is 374 g/mol. The highest BCUT2D eigenvalue weighted by Gasteiger charge is 2.28. The van der Waals surface area contributed by atoms with Crippen LogP contribution in [0.4, 0.5) is 0 Å². The largest absolute Gasteiger partial charge is 0.383 e. The Morgan fingerprint density at radius 2 is 2.15 bits per heavy atom. The molecule has 1 unspecified atom stereocenters. The minimum Gasteiger partial charge on any atom is -0.383 e. The van der Waals surface area contributed by atoms with Crippen molar-refractivity contribution in [2.45, 2.75) is 51.6 Å². The molecule has 1 aromatic heterocycles. The molecular weight excluding hydrogens is 344 g/mol. The highest BCUT2D eigenvalue weighted by Crippen LogP contribution is 2.34. The summed E-state index contributed by atoms with van der Waals surface area (Å²) in [5, 5.41) is 4.24. The second-order valence-electron chi connectivity index (χ2n) is 7.34. The first-order valence-corrected chi connectivity index (χ1v) is 10.5. The molecule has 26 heavy (non-hydrogen) atoms. The number of carbonyl (C=O) groups is 1. The van der Waals surface area contributed by atoms with E-state index in [4.69, 9.17) is 4.74 Å². The summed E-state index contributed by atoms with van der Waals surface area (Å²) in [6, 6.07) is 9.48. The first-order chi connectivity index (χ1) is 12.6. The number of benzene rings is 1. The van der Waals surface area contributed by atoms with Gasteiger partial charge in [-0.2, -0.15) is 0 Å². The van der Waals surface area contributed by atoms with Crippen LogP contribution in [0.1, 0.15) is 48.3 Å². The summed E-state index contributed by atoms with van der Waals surface area (Å²) in [6.45, 7) is 6.81. The zero-order valence-corrected chi connectivity index (χ0v) is 16.9. The highest BCUT2D eigenvalue weighted by molar-refractivity contribution is 7.21. The molecule has 1 amide bonds. The van der Waals surface area contributed by atoms with Crippen molar-refractivity contribution in [3.63, 3.8) is 0 Å². The summed E-state index contributed by atoms with van der Waals surface area (Å²) in [4.78, 5) is 16.3. The molecule has 0 spiro atoms. The second-order valence-corrected chi connectivity index (χ2v) is 8.39. The molecule has 4 nitrogen and oxygen atoms in total. The number of nitrogens with one attached hydrogen (secondary N) is 1. The van der Waals surface area contributed by atoms with Gasteiger partial charge in [0.25, 0.3) is 5.91 Å². The summed E-state index contributed by atoms with van der Waals surface area (Å²) < 4.78 is 6.26. The van der Waals surface area contributed by atoms with Crippen LogP contribution in [0.2, 0.25) is 0 Å². The molecule has 0 bridgehead atoms. The molecule has 1 aliphatic rings. The predicted molar refractivity (Wildman–Crippen MR) is 109 cm³/mol. The van der Waals surface area contributed by atoms with Gasteiger partial charge < -0.3 is 10.1 Å². The molecule has 3 rings (SSSR count). The zero-order valence-electron chi connectivity index (χ0n) is 16.1. The Morgan fingerprint density at radius 3 is 2.92 bits per heavy atom. The third-order valence-corrected chi connectivity index (χ3v) is 6.48. The van der Waals surface area contributed by atoms with Crippen molar-refractivity contribution in [2.75, 3.05) is 26.8 Å². The minimum absolute atomic E-state index is 0.0326. The predicted octanol–water partition coefficient (Wildman–Crippen LogP) is 4.08. The number of nitrogens with zero attached hydrogens (tertiary/aromatic N) is 1. The van der Waals surface area contributed by atoms with E-state index in [2.05, 4.69) is 48.3 Å². The molecule has 1 N–H and O–H groups in total. The highest BCUT2D eigenvalue weighted by atomic mass is 32.1. The first-order valence-electron chi connectivity index (χ1n) is 9.65. The summed E-state index contributed by atoms with van der Waals surface area (Å²) in [6.07, 6.45) is 4.73. The van der Waals surface area contributed by atoms with E-state index in [0.29, 0.717) is 25.2 Å². The van der Waals surface area contributed by atoms with Crippen LogP contribution in [0, 0.1) is 0 Å². The van der Waals surface area contributed by atoms with Crippen LogP contribution >= 0.6 is 11.3 Å². The van der Waals surface area contributed by atoms with Crippen molar-refractivity contribution in [1.29, 1.82) is 0 Å². The molecule has 1 atom stereocenters. The fourth-order valence-corrected chi connectivity index (χ4v) is 5.14. The molecule has 1 aromatic carbocycles. The van der Waals surface area contributed by atoms with E-state index in [0.717, 1.165) is 11.3 Å². The Kier molecular flexibility index (Phi) is 6.68. The van der Waals surface area contributed by atoms with E-state index in [1.807, 2.05) is 0 Å². The second kappa shape index (κ2) is 8.98. The number of ether oxygens (including phenoxy) is 1. The Labute approximate surface area is 160 Å². The normalized spacial score (nSPS) is 18.5. The number of carbonyl (C=O) groups excluding carboxylic acids is 1. The molecule has 1 saturated heterocycles. The van der Waals surface area contributed by atoms with Gasteiger partial charge in [0.05, 0.1) is 11.5 Å². The van der Waals surface area contributed by atoms with Crippen LogP contribution in [-0.4, -0.2) is 49.7 Å². The van der Waals surface area contributed by atoms with Gasteiger partial charge in [0.1, 0.15) is 0 Å². The van der Waals surface area contributed by atoms with Gasteiger partial charge in [-0.1, -0.05) is 24.6 Å². The number of rotatable bonds is 7. The molecule has 0 radical (unpaired) electrons. The molecule has 0 saturated carbocycles. The van der Waals surface area contributed by atoms with E-state index in [1.54, 1.807) is 18.4 Å². The number of methoxy groups -OCH3 is 1. The van der Waals surface area contributed by atoms with Gasteiger partial charge in [-0.15, -0.1) is 11.3 Å². The van der Waals surface area contributed by atoms with Gasteiger partial charge in [0.15, 0.2) is 0 Å². The average Bonchev–Trinajstić information content (AvgIpc) is 3.01. The zero-order chi connectivity index (χ0) is 18.5. The lowest BCUT2D eigenvalue weighted by Gasteiger charge is -2.39. The fourth-order valence-electron chi connectivity index (χ4n) is 3.99. The third kappa shape index (κ3) is 4.27. The molecule has 1 aliphatic heterocycles. The van der Waals surface area contributed by atoms with Crippen LogP contribution < -0.4 is 5.32 Å². The van der Waals surface area contributed by atoms with Gasteiger partial charge in [-0.05, 0) is 56.7 Å². The van der Waals surface area contributed by atoms with Crippen molar-refractivity contribution < 1.29 is 9.53 Å². The number of fused-ring (bicyclic) bond motifs is 1. The number of thiophene rings is 1. The first kappa shape index (κ1) is 19.3. The molecule has 1 fully saturated rings. The topological polar surface area (TPSA) is 41.6 Å². The van der Waals surface area contributed by atoms with Crippen molar-refractivity contribution in [3.8, 4) is 0 Å². The molecule has 0 aliphatic carbocycles. The van der Waals surface area contributed by atoms with Crippen LogP contribution in [0.15, 0.2) is 24.3 Å². The Morgan fingerprint density at radius 1 is 1.35 bits per heavy atom. The van der Waals surface area contributed by atoms with Gasteiger partial charge >= 0.3 is 0 Å². The molecule has 142 valence electrons. The third-order valence-electron chi connectivity index (χ3n) is 5.27. The average molecular weight is 375 g/mol. The van der Waals surface area contributed by atoms with Gasteiger partial charge in [0, 0.05) is 30.4 Å². The SMILES string of the molecule is COCCNC(=O)c1sc2ccccc2c1CC1CCCCN1C(C)C. The Balaban J connectivity index is 1.90. The Bertz CT molecular complexity index is 741. The van der Waals surface area contributed by atoms with Crippen molar-refractivity contribution in [2.24, 2.45) is 0 Å². The van der Waals surface area contributed by atoms with Crippen molar-refractivity contribution in [1.82, 2.24) is 10.2 Å². The van der Waals surface area contributed by atoms with Crippen molar-refractivity contribution >= 4 is 27.3 Å². The smallest absolute Gasteiger partial charge is 0.261 e. The maximum Gasteiger partial charge on any atom is 0.261 e. The number of piperidine rings is 1. The lowest BCUT2D eigenvalue weighted by molar-refractivity contribution is 0.0937. The number of hydrogen-bond donors (Lipinski definition) is 1. The van der Waals surface area contributed by atoms with E-state index in [9.17, 15) is 4.79 Å². The lowest BCUT2D eigenvalue weighted by Crippen LogP contribution is -2.45. The van der Waals surface area contributed by atoms with Gasteiger partial charge in [0.2, 0.25) is 0 Å². The quantitative estimate of drug-likeness (QED) is 0.743. The van der Waals surface area contributed by atoms with Gasteiger partial charge in [-0.25, -0.2) is 0 Å². The number of likely N-dealkylation sites (tertiary alicyclic amines) is 1. The van der Waals surface area contributed by atoms with E-state index < -0.39 is 0 Å². The molecular formula is C21H30N2O2S. The summed E-state index contributed by atoms with van der Waals surface area (Å²) >= 11 is 1.62. The lowest BCUT2D eigenvalue weighted by atomic mass is 9.93.